The van der Waals surface area contributed by atoms with E-state index in [1.54, 1.807) is 6.20 Å². The molecule has 0 radical (unpaired) electrons. The number of likely N-dealkylation sites (N-methyl/N-ethyl adjacent to an activating group) is 1. The van der Waals surface area contributed by atoms with Crippen LogP contribution in [0.2, 0.25) is 0 Å². The minimum absolute atomic E-state index is 0.0540. The summed E-state index contributed by atoms with van der Waals surface area (Å²) < 4.78 is 1.93. The van der Waals surface area contributed by atoms with Crippen molar-refractivity contribution in [1.29, 1.82) is 0 Å². The van der Waals surface area contributed by atoms with Crippen molar-refractivity contribution in [2.45, 2.75) is 45.2 Å². The summed E-state index contributed by atoms with van der Waals surface area (Å²) in [5, 5.41) is 5.40. The van der Waals surface area contributed by atoms with Gasteiger partial charge in [-0.15, -0.1) is 0 Å². The van der Waals surface area contributed by atoms with Crippen LogP contribution >= 0.6 is 0 Å². The van der Waals surface area contributed by atoms with Crippen LogP contribution in [0.3, 0.4) is 0 Å². The molecule has 1 aromatic carbocycles. The Balaban J connectivity index is 1.74. The van der Waals surface area contributed by atoms with Gasteiger partial charge in [0.15, 0.2) is 5.65 Å². The fourth-order valence-electron chi connectivity index (χ4n) is 3.73. The zero-order valence-corrected chi connectivity index (χ0v) is 18.4. The summed E-state index contributed by atoms with van der Waals surface area (Å²) in [6, 6.07) is 12.4. The summed E-state index contributed by atoms with van der Waals surface area (Å²) in [6.07, 6.45) is 4.10. The Morgan fingerprint density at radius 1 is 1.17 bits per heavy atom. The maximum atomic E-state index is 13.8. The van der Waals surface area contributed by atoms with Gasteiger partial charge in [0, 0.05) is 37.3 Å². The number of fused-ring (bicyclic) bond motifs is 1. The van der Waals surface area contributed by atoms with Crippen molar-refractivity contribution in [2.75, 3.05) is 27.2 Å². The van der Waals surface area contributed by atoms with E-state index in [9.17, 15) is 4.79 Å². The molecule has 2 aromatic heterocycles. The number of hydrogen-bond acceptors (Lipinski definition) is 4. The summed E-state index contributed by atoms with van der Waals surface area (Å²) in [5.41, 5.74) is 3.71. The van der Waals surface area contributed by atoms with E-state index in [4.69, 9.17) is 4.98 Å². The van der Waals surface area contributed by atoms with Crippen molar-refractivity contribution < 1.29 is 4.79 Å². The first-order valence-electron chi connectivity index (χ1n) is 10.8. The summed E-state index contributed by atoms with van der Waals surface area (Å²) in [4.78, 5) is 22.8. The van der Waals surface area contributed by atoms with Gasteiger partial charge in [-0.1, -0.05) is 30.3 Å². The lowest BCUT2D eigenvalue weighted by atomic mass is 10.1. The average Bonchev–Trinajstić information content (AvgIpc) is 3.49. The molecule has 158 valence electrons. The van der Waals surface area contributed by atoms with Crippen LogP contribution in [-0.2, 0) is 6.54 Å². The van der Waals surface area contributed by atoms with Crippen LogP contribution in [0.1, 0.15) is 60.3 Å². The van der Waals surface area contributed by atoms with E-state index >= 15 is 0 Å². The Morgan fingerprint density at radius 3 is 2.53 bits per heavy atom. The molecule has 0 N–H and O–H groups in total. The van der Waals surface area contributed by atoms with Crippen LogP contribution in [0, 0.1) is 0 Å². The zero-order chi connectivity index (χ0) is 21.3. The molecule has 0 aliphatic heterocycles. The average molecular weight is 406 g/mol. The molecule has 1 amide bonds. The second kappa shape index (κ2) is 8.56. The fraction of sp³-hybridized carbons (Fsp3) is 0.458. The van der Waals surface area contributed by atoms with Crippen molar-refractivity contribution in [3.8, 4) is 0 Å². The molecule has 0 spiro atoms. The number of benzene rings is 1. The first-order valence-corrected chi connectivity index (χ1v) is 10.8. The molecule has 1 aliphatic rings. The minimum Gasteiger partial charge on any atom is -0.333 e. The van der Waals surface area contributed by atoms with Crippen LogP contribution in [0.15, 0.2) is 42.6 Å². The highest BCUT2D eigenvalue weighted by Gasteiger charge is 2.29. The van der Waals surface area contributed by atoms with E-state index in [0.29, 0.717) is 19.0 Å². The first-order chi connectivity index (χ1) is 14.4. The van der Waals surface area contributed by atoms with Gasteiger partial charge in [-0.25, -0.2) is 9.67 Å². The van der Waals surface area contributed by atoms with E-state index in [1.165, 1.54) is 0 Å². The van der Waals surface area contributed by atoms with Crippen LogP contribution in [-0.4, -0.2) is 57.7 Å². The molecule has 0 atom stereocenters. The molecular formula is C24H31N5O. The molecule has 4 rings (SSSR count). The van der Waals surface area contributed by atoms with Gasteiger partial charge in [-0.05, 0) is 52.4 Å². The third-order valence-corrected chi connectivity index (χ3v) is 5.62. The van der Waals surface area contributed by atoms with Gasteiger partial charge in [-0.2, -0.15) is 5.10 Å². The largest absolute Gasteiger partial charge is 0.333 e. The Morgan fingerprint density at radius 2 is 1.90 bits per heavy atom. The number of pyridine rings is 1. The second-order valence-electron chi connectivity index (χ2n) is 8.80. The lowest BCUT2D eigenvalue weighted by Crippen LogP contribution is -2.36. The number of hydrogen-bond donors (Lipinski definition) is 0. The standard InChI is InChI=1S/C24H31N5O/c1-17(2)29-23-21(15-25-29)20(14-22(26-23)19-10-11-19)24(30)28(13-12-27(3)4)16-18-8-6-5-7-9-18/h5-9,14-15,17,19H,10-13,16H2,1-4H3. The van der Waals surface area contributed by atoms with Crippen molar-refractivity contribution in [3.05, 3.63) is 59.4 Å². The summed E-state index contributed by atoms with van der Waals surface area (Å²) in [5.74, 6) is 0.527. The summed E-state index contributed by atoms with van der Waals surface area (Å²) >= 11 is 0. The molecule has 6 heteroatoms. The Bertz CT molecular complexity index is 1020. The zero-order valence-electron chi connectivity index (χ0n) is 18.4. The van der Waals surface area contributed by atoms with Gasteiger partial charge in [-0.3, -0.25) is 4.79 Å². The van der Waals surface area contributed by atoms with Gasteiger partial charge in [0.25, 0.3) is 5.91 Å². The lowest BCUT2D eigenvalue weighted by molar-refractivity contribution is 0.0734. The van der Waals surface area contributed by atoms with Gasteiger partial charge >= 0.3 is 0 Å². The van der Waals surface area contributed by atoms with Crippen molar-refractivity contribution in [3.63, 3.8) is 0 Å². The number of carbonyl (C=O) groups is 1. The first kappa shape index (κ1) is 20.5. The van der Waals surface area contributed by atoms with Crippen LogP contribution in [0.5, 0.6) is 0 Å². The maximum absolute atomic E-state index is 13.8. The number of aromatic nitrogens is 3. The van der Waals surface area contributed by atoms with Gasteiger partial charge in [0.2, 0.25) is 0 Å². The molecule has 0 unspecified atom stereocenters. The van der Waals surface area contributed by atoms with E-state index in [0.717, 1.165) is 47.2 Å². The van der Waals surface area contributed by atoms with Gasteiger partial charge in [0.05, 0.1) is 17.1 Å². The number of carbonyl (C=O) groups excluding carboxylic acids is 1. The molecular weight excluding hydrogens is 374 g/mol. The molecule has 6 nitrogen and oxygen atoms in total. The molecule has 30 heavy (non-hydrogen) atoms. The van der Waals surface area contributed by atoms with Crippen LogP contribution in [0.25, 0.3) is 11.0 Å². The summed E-state index contributed by atoms with van der Waals surface area (Å²) in [7, 11) is 4.07. The maximum Gasteiger partial charge on any atom is 0.255 e. The van der Waals surface area contributed by atoms with Gasteiger partial charge < -0.3 is 9.80 Å². The molecule has 3 aromatic rings. The van der Waals surface area contributed by atoms with Crippen molar-refractivity contribution in [1.82, 2.24) is 24.6 Å². The highest BCUT2D eigenvalue weighted by molar-refractivity contribution is 6.05. The highest BCUT2D eigenvalue weighted by atomic mass is 16.2. The normalized spacial score (nSPS) is 14.1. The van der Waals surface area contributed by atoms with Gasteiger partial charge in [0.1, 0.15) is 0 Å². The Labute approximate surface area is 178 Å². The lowest BCUT2D eigenvalue weighted by Gasteiger charge is -2.25. The van der Waals surface area contributed by atoms with Crippen LogP contribution < -0.4 is 0 Å². The molecule has 0 bridgehead atoms. The predicted octanol–water partition coefficient (Wildman–Crippen LogP) is 4.09. The van der Waals surface area contributed by atoms with E-state index in [-0.39, 0.29) is 11.9 Å². The number of amides is 1. The fourth-order valence-corrected chi connectivity index (χ4v) is 3.73. The smallest absolute Gasteiger partial charge is 0.255 e. The third kappa shape index (κ3) is 4.38. The van der Waals surface area contributed by atoms with E-state index in [1.807, 2.05) is 47.9 Å². The van der Waals surface area contributed by atoms with Crippen molar-refractivity contribution in [2.24, 2.45) is 0 Å². The molecule has 2 heterocycles. The van der Waals surface area contributed by atoms with Crippen LogP contribution in [0.4, 0.5) is 0 Å². The molecule has 1 aliphatic carbocycles. The quantitative estimate of drug-likeness (QED) is 0.566. The van der Waals surface area contributed by atoms with E-state index in [2.05, 4.69) is 36.0 Å². The number of rotatable bonds is 8. The molecule has 1 saturated carbocycles. The second-order valence-corrected chi connectivity index (χ2v) is 8.80. The Kier molecular flexibility index (Phi) is 5.86. The minimum atomic E-state index is 0.0540. The van der Waals surface area contributed by atoms with Crippen molar-refractivity contribution >= 4 is 16.9 Å². The van der Waals surface area contributed by atoms with E-state index < -0.39 is 0 Å². The topological polar surface area (TPSA) is 54.3 Å². The highest BCUT2D eigenvalue weighted by Crippen LogP contribution is 2.40. The molecule has 1 fully saturated rings. The third-order valence-electron chi connectivity index (χ3n) is 5.62. The Hall–Kier alpha value is -2.73. The SMILES string of the molecule is CC(C)n1ncc2c(C(=O)N(CCN(C)C)Cc3ccccc3)cc(C3CC3)nc21. The monoisotopic (exact) mass is 405 g/mol. The summed E-state index contributed by atoms with van der Waals surface area (Å²) in [6.45, 7) is 6.26. The predicted molar refractivity (Wildman–Crippen MR) is 120 cm³/mol. The molecule has 0 saturated heterocycles. The number of nitrogens with zero attached hydrogens (tertiary/aromatic N) is 5.